The Balaban J connectivity index is 1.16. The van der Waals surface area contributed by atoms with Crippen LogP contribution < -0.4 is 15.0 Å². The lowest BCUT2D eigenvalue weighted by Gasteiger charge is -2.35. The van der Waals surface area contributed by atoms with Crippen molar-refractivity contribution in [3.05, 3.63) is 36.5 Å². The van der Waals surface area contributed by atoms with Crippen molar-refractivity contribution in [1.29, 1.82) is 0 Å². The number of benzene rings is 1. The van der Waals surface area contributed by atoms with Gasteiger partial charge in [-0.25, -0.2) is 9.78 Å². The van der Waals surface area contributed by atoms with Crippen LogP contribution in [0.4, 0.5) is 28.9 Å². The predicted molar refractivity (Wildman–Crippen MR) is 115 cm³/mol. The number of carbonyl (C=O) groups is 1. The highest BCUT2D eigenvalue weighted by molar-refractivity contribution is 7.22. The van der Waals surface area contributed by atoms with E-state index in [0.29, 0.717) is 40.2 Å². The second kappa shape index (κ2) is 8.32. The van der Waals surface area contributed by atoms with Crippen LogP contribution in [0.1, 0.15) is 25.7 Å². The third kappa shape index (κ3) is 4.80. The van der Waals surface area contributed by atoms with E-state index in [-0.39, 0.29) is 5.75 Å². The van der Waals surface area contributed by atoms with Gasteiger partial charge in [0.1, 0.15) is 11.4 Å². The second-order valence-corrected chi connectivity index (χ2v) is 9.27. The van der Waals surface area contributed by atoms with Gasteiger partial charge in [0, 0.05) is 18.8 Å². The number of nitrogens with one attached hydrogen (secondary N) is 1. The Bertz CT molecular complexity index is 1150. The fourth-order valence-electron chi connectivity index (χ4n) is 4.31. The third-order valence-corrected chi connectivity index (χ3v) is 6.93. The largest absolute Gasteiger partial charge is 0.573 e. The molecular weight excluding hydrogens is 459 g/mol. The summed E-state index contributed by atoms with van der Waals surface area (Å²) in [5.41, 5.74) is 0.108. The molecule has 2 aromatic heterocycles. The first-order valence-electron chi connectivity index (χ1n) is 10.5. The number of anilines is 2. The van der Waals surface area contributed by atoms with E-state index in [9.17, 15) is 18.0 Å². The van der Waals surface area contributed by atoms with Crippen LogP contribution in [0.2, 0.25) is 0 Å². The van der Waals surface area contributed by atoms with E-state index in [1.54, 1.807) is 18.3 Å². The summed E-state index contributed by atoms with van der Waals surface area (Å²) in [5.74, 6) is 0.600. The smallest absolute Gasteiger partial charge is 0.441 e. The van der Waals surface area contributed by atoms with Gasteiger partial charge in [0.05, 0.1) is 16.8 Å². The summed E-state index contributed by atoms with van der Waals surface area (Å²) >= 11 is 1.28. The molecule has 0 radical (unpaired) electrons. The molecule has 1 aromatic carbocycles. The number of thiazole rings is 1. The number of aromatic nitrogens is 3. The molecule has 1 aliphatic heterocycles. The quantitative estimate of drug-likeness (QED) is 0.552. The van der Waals surface area contributed by atoms with Gasteiger partial charge in [-0.2, -0.15) is 5.10 Å². The van der Waals surface area contributed by atoms with Gasteiger partial charge in [-0.3, -0.25) is 4.90 Å². The molecule has 12 heteroatoms. The summed E-state index contributed by atoms with van der Waals surface area (Å²) in [6, 6.07) is 7.58. The van der Waals surface area contributed by atoms with E-state index >= 15 is 0 Å². The molecule has 1 N–H and O–H groups in total. The van der Waals surface area contributed by atoms with E-state index in [0.717, 1.165) is 25.7 Å². The zero-order valence-electron chi connectivity index (χ0n) is 17.3. The molecule has 1 aliphatic carbocycles. The number of hydrogen-bond acceptors (Lipinski definition) is 8. The first kappa shape index (κ1) is 21.7. The van der Waals surface area contributed by atoms with Crippen LogP contribution in [0.5, 0.6) is 5.75 Å². The summed E-state index contributed by atoms with van der Waals surface area (Å²) in [7, 11) is 0. The minimum Gasteiger partial charge on any atom is -0.441 e. The molecule has 0 atom stereocenters. The van der Waals surface area contributed by atoms with Gasteiger partial charge in [-0.05, 0) is 55.9 Å². The lowest BCUT2D eigenvalue weighted by Crippen LogP contribution is -2.39. The average molecular weight is 479 g/mol. The van der Waals surface area contributed by atoms with Gasteiger partial charge in [-0.15, -0.1) is 18.3 Å². The zero-order valence-corrected chi connectivity index (χ0v) is 18.2. The maximum absolute atomic E-state index is 12.4. The number of halogens is 3. The van der Waals surface area contributed by atoms with Crippen LogP contribution >= 0.6 is 11.3 Å². The van der Waals surface area contributed by atoms with Crippen molar-refractivity contribution in [1.82, 2.24) is 15.2 Å². The minimum atomic E-state index is -4.73. The second-order valence-electron chi connectivity index (χ2n) is 8.24. The normalized spacial score (nSPS) is 23.2. The van der Waals surface area contributed by atoms with Crippen LogP contribution in [0.3, 0.4) is 0 Å². The van der Waals surface area contributed by atoms with Crippen LogP contribution in [0, 0.1) is 5.92 Å². The van der Waals surface area contributed by atoms with Gasteiger partial charge < -0.3 is 14.8 Å². The maximum atomic E-state index is 12.4. The molecule has 33 heavy (non-hydrogen) atoms. The molecule has 1 spiro atoms. The van der Waals surface area contributed by atoms with Crippen LogP contribution in [0.15, 0.2) is 36.5 Å². The minimum absolute atomic E-state index is 0.260. The first-order valence-corrected chi connectivity index (χ1v) is 11.3. The highest BCUT2D eigenvalue weighted by Crippen LogP contribution is 2.40. The van der Waals surface area contributed by atoms with Gasteiger partial charge in [0.15, 0.2) is 10.9 Å². The molecule has 2 fully saturated rings. The van der Waals surface area contributed by atoms with Gasteiger partial charge in [0.2, 0.25) is 0 Å². The Labute approximate surface area is 190 Å². The molecule has 1 saturated heterocycles. The van der Waals surface area contributed by atoms with Crippen molar-refractivity contribution in [2.24, 2.45) is 5.92 Å². The van der Waals surface area contributed by atoms with Gasteiger partial charge in [0.25, 0.3) is 0 Å². The van der Waals surface area contributed by atoms with E-state index in [2.05, 4.69) is 25.2 Å². The molecule has 0 unspecified atom stereocenters. The van der Waals surface area contributed by atoms with Crippen molar-refractivity contribution in [3.8, 4) is 5.75 Å². The maximum Gasteiger partial charge on any atom is 0.573 e. The van der Waals surface area contributed by atoms with Crippen molar-refractivity contribution < 1.29 is 27.4 Å². The fourth-order valence-corrected chi connectivity index (χ4v) is 5.22. The number of nitrogens with zero attached hydrogens (tertiary/aromatic N) is 4. The highest BCUT2D eigenvalue weighted by Gasteiger charge is 2.48. The monoisotopic (exact) mass is 479 g/mol. The van der Waals surface area contributed by atoms with E-state index in [1.165, 1.54) is 34.4 Å². The molecule has 174 valence electrons. The van der Waals surface area contributed by atoms with Crippen LogP contribution in [-0.4, -0.2) is 46.3 Å². The van der Waals surface area contributed by atoms with Gasteiger partial charge >= 0.3 is 12.5 Å². The number of amides is 1. The Hall–Kier alpha value is -3.15. The SMILES string of the molecule is O=C1OC2(CCC(CNc3nc4ccc(OC(F)(F)F)cc4s3)CC2)CN1c1cccnn1. The summed E-state index contributed by atoms with van der Waals surface area (Å²) in [5, 5.41) is 11.8. The highest BCUT2D eigenvalue weighted by atomic mass is 32.1. The molecule has 3 heterocycles. The molecule has 1 saturated carbocycles. The molecule has 2 aliphatic rings. The summed E-state index contributed by atoms with van der Waals surface area (Å²) in [4.78, 5) is 18.3. The average Bonchev–Trinajstić information content (AvgIpc) is 3.33. The van der Waals surface area contributed by atoms with E-state index in [1.807, 2.05) is 0 Å². The van der Waals surface area contributed by atoms with Crippen LogP contribution in [0.25, 0.3) is 10.2 Å². The number of hydrogen-bond donors (Lipinski definition) is 1. The number of fused-ring (bicyclic) bond motifs is 1. The number of carbonyl (C=O) groups excluding carboxylic acids is 1. The molecule has 3 aromatic rings. The Morgan fingerprint density at radius 3 is 2.82 bits per heavy atom. The third-order valence-electron chi connectivity index (χ3n) is 5.96. The van der Waals surface area contributed by atoms with E-state index < -0.39 is 18.1 Å². The summed E-state index contributed by atoms with van der Waals surface area (Å²) in [6.45, 7) is 1.15. The number of ether oxygens (including phenoxy) is 2. The fraction of sp³-hybridized carbons (Fsp3) is 0.429. The van der Waals surface area contributed by atoms with E-state index in [4.69, 9.17) is 4.74 Å². The summed E-state index contributed by atoms with van der Waals surface area (Å²) in [6.07, 6.45) is -0.308. The zero-order chi connectivity index (χ0) is 23.1. The lowest BCUT2D eigenvalue weighted by molar-refractivity contribution is -0.274. The Morgan fingerprint density at radius 1 is 1.27 bits per heavy atom. The predicted octanol–water partition coefficient (Wildman–Crippen LogP) is 4.98. The van der Waals surface area contributed by atoms with Crippen molar-refractivity contribution >= 4 is 38.6 Å². The molecule has 0 bridgehead atoms. The number of rotatable bonds is 5. The lowest BCUT2D eigenvalue weighted by atomic mass is 9.78. The van der Waals surface area contributed by atoms with Crippen molar-refractivity contribution in [3.63, 3.8) is 0 Å². The molecule has 1 amide bonds. The van der Waals surface area contributed by atoms with Crippen LogP contribution in [-0.2, 0) is 4.74 Å². The molecule has 5 rings (SSSR count). The van der Waals surface area contributed by atoms with Crippen molar-refractivity contribution in [2.75, 3.05) is 23.3 Å². The standard InChI is InChI=1S/C21H20F3N5O3S/c22-21(23,24)31-14-3-4-15-16(10-14)33-18(27-15)25-11-13-5-7-20(8-6-13)12-29(19(30)32-20)17-2-1-9-26-28-17/h1-4,9-10,13H,5-8,11-12H2,(H,25,27). The summed E-state index contributed by atoms with van der Waals surface area (Å²) < 4.78 is 47.6. The first-order chi connectivity index (χ1) is 15.8. The topological polar surface area (TPSA) is 89.5 Å². The van der Waals surface area contributed by atoms with Gasteiger partial charge in [-0.1, -0.05) is 11.3 Å². The Kier molecular flexibility index (Phi) is 5.47. The number of alkyl halides is 3. The molecular formula is C21H20F3N5O3S. The Morgan fingerprint density at radius 2 is 2.09 bits per heavy atom. The molecule has 8 nitrogen and oxygen atoms in total. The van der Waals surface area contributed by atoms with Crippen molar-refractivity contribution in [2.45, 2.75) is 37.6 Å².